The van der Waals surface area contributed by atoms with Gasteiger partial charge in [0.25, 0.3) is 0 Å². The van der Waals surface area contributed by atoms with Gasteiger partial charge in [-0.1, -0.05) is 6.07 Å². The summed E-state index contributed by atoms with van der Waals surface area (Å²) in [5.41, 5.74) is 4.30. The third kappa shape index (κ3) is 3.40. The summed E-state index contributed by atoms with van der Waals surface area (Å²) in [4.78, 5) is 4.02. The maximum absolute atomic E-state index is 8.85. The van der Waals surface area contributed by atoms with E-state index < -0.39 is 0 Å². The predicted octanol–water partition coefficient (Wildman–Crippen LogP) is 3.11. The second kappa shape index (κ2) is 6.12. The lowest BCUT2D eigenvalue weighted by Gasteiger charge is -2.15. The molecule has 3 nitrogen and oxygen atoms in total. The third-order valence-electron chi connectivity index (χ3n) is 3.28. The minimum Gasteiger partial charge on any atom is -0.306 e. The molecule has 0 aliphatic heterocycles. The molecule has 2 rings (SSSR count). The van der Waals surface area contributed by atoms with Gasteiger partial charge in [-0.15, -0.1) is 0 Å². The van der Waals surface area contributed by atoms with Crippen LogP contribution in [0.3, 0.4) is 0 Å². The van der Waals surface area contributed by atoms with Crippen LogP contribution in [0.4, 0.5) is 0 Å². The largest absolute Gasteiger partial charge is 0.306 e. The maximum atomic E-state index is 8.85. The van der Waals surface area contributed by atoms with E-state index in [0.29, 0.717) is 5.56 Å². The average Bonchev–Trinajstić information content (AvgIpc) is 2.46. The van der Waals surface area contributed by atoms with Gasteiger partial charge in [0.15, 0.2) is 0 Å². The smallest absolute Gasteiger partial charge is 0.0991 e. The van der Waals surface area contributed by atoms with Crippen LogP contribution in [0.1, 0.15) is 35.2 Å². The number of hydrogen-bond donors (Lipinski definition) is 1. The molecule has 19 heavy (non-hydrogen) atoms. The van der Waals surface area contributed by atoms with E-state index in [9.17, 15) is 0 Å². The molecule has 0 aliphatic rings. The molecule has 1 aromatic carbocycles. The van der Waals surface area contributed by atoms with Crippen LogP contribution in [-0.2, 0) is 6.54 Å². The fourth-order valence-corrected chi connectivity index (χ4v) is 2.00. The molecule has 3 heteroatoms. The third-order valence-corrected chi connectivity index (χ3v) is 3.28. The summed E-state index contributed by atoms with van der Waals surface area (Å²) >= 11 is 0. The first-order valence-electron chi connectivity index (χ1n) is 6.33. The molecule has 0 fully saturated rings. The van der Waals surface area contributed by atoms with Crippen molar-refractivity contribution in [2.24, 2.45) is 0 Å². The molecular weight excluding hydrogens is 234 g/mol. The van der Waals surface area contributed by atoms with E-state index in [1.807, 2.05) is 37.3 Å². The first-order chi connectivity index (χ1) is 9.20. The van der Waals surface area contributed by atoms with Gasteiger partial charge < -0.3 is 5.32 Å². The molecule has 1 heterocycles. The van der Waals surface area contributed by atoms with Crippen LogP contribution < -0.4 is 5.32 Å². The predicted molar refractivity (Wildman–Crippen MR) is 75.4 cm³/mol. The van der Waals surface area contributed by atoms with E-state index in [1.54, 1.807) is 12.4 Å². The van der Waals surface area contributed by atoms with Crippen LogP contribution in [0.25, 0.3) is 0 Å². The topological polar surface area (TPSA) is 48.7 Å². The van der Waals surface area contributed by atoms with Gasteiger partial charge in [0.1, 0.15) is 0 Å². The Morgan fingerprint density at radius 3 is 2.63 bits per heavy atom. The first kappa shape index (κ1) is 13.3. The summed E-state index contributed by atoms with van der Waals surface area (Å²) in [6.45, 7) is 4.96. The molecule has 0 amide bonds. The van der Waals surface area contributed by atoms with Crippen LogP contribution in [0, 0.1) is 18.3 Å². The number of nitriles is 1. The second-order valence-electron chi connectivity index (χ2n) is 4.64. The Hall–Kier alpha value is -2.18. The van der Waals surface area contributed by atoms with E-state index >= 15 is 0 Å². The Balaban J connectivity index is 2.01. The zero-order chi connectivity index (χ0) is 13.7. The van der Waals surface area contributed by atoms with Gasteiger partial charge in [0.2, 0.25) is 0 Å². The molecule has 1 unspecified atom stereocenters. The number of benzene rings is 1. The molecule has 1 aromatic heterocycles. The van der Waals surface area contributed by atoms with E-state index in [2.05, 4.69) is 23.3 Å². The van der Waals surface area contributed by atoms with E-state index in [0.717, 1.165) is 12.1 Å². The van der Waals surface area contributed by atoms with Crippen molar-refractivity contribution >= 4 is 0 Å². The van der Waals surface area contributed by atoms with E-state index in [1.165, 1.54) is 11.1 Å². The van der Waals surface area contributed by atoms with Gasteiger partial charge in [0, 0.05) is 25.0 Å². The summed E-state index contributed by atoms with van der Waals surface area (Å²) in [6, 6.07) is 12.3. The molecule has 96 valence electrons. The van der Waals surface area contributed by atoms with Crippen LogP contribution >= 0.6 is 0 Å². The number of rotatable bonds is 4. The Bertz CT molecular complexity index is 585. The number of aryl methyl sites for hydroxylation is 1. The van der Waals surface area contributed by atoms with Gasteiger partial charge in [0.05, 0.1) is 11.6 Å². The monoisotopic (exact) mass is 251 g/mol. The normalized spacial score (nSPS) is 11.8. The molecule has 0 aliphatic carbocycles. The molecule has 0 radical (unpaired) electrons. The Morgan fingerprint density at radius 1 is 1.26 bits per heavy atom. The minimum atomic E-state index is 0.276. The van der Waals surface area contributed by atoms with Crippen molar-refractivity contribution in [3.05, 3.63) is 65.0 Å². The second-order valence-corrected chi connectivity index (χ2v) is 4.64. The average molecular weight is 251 g/mol. The SMILES string of the molecule is Cc1cc(C#N)ccc1CNC(C)c1ccncc1. The summed E-state index contributed by atoms with van der Waals surface area (Å²) in [5.74, 6) is 0. The zero-order valence-electron chi connectivity index (χ0n) is 11.2. The van der Waals surface area contributed by atoms with Crippen molar-refractivity contribution in [1.82, 2.24) is 10.3 Å². The summed E-state index contributed by atoms with van der Waals surface area (Å²) in [7, 11) is 0. The van der Waals surface area contributed by atoms with Crippen molar-refractivity contribution in [1.29, 1.82) is 5.26 Å². The molecule has 2 aromatic rings. The highest BCUT2D eigenvalue weighted by Crippen LogP contribution is 2.14. The summed E-state index contributed by atoms with van der Waals surface area (Å²) < 4.78 is 0. The van der Waals surface area contributed by atoms with Crippen molar-refractivity contribution in [2.45, 2.75) is 26.4 Å². The highest BCUT2D eigenvalue weighted by molar-refractivity contribution is 5.37. The quantitative estimate of drug-likeness (QED) is 0.908. The van der Waals surface area contributed by atoms with Crippen LogP contribution in [0.2, 0.25) is 0 Å². The van der Waals surface area contributed by atoms with Crippen molar-refractivity contribution < 1.29 is 0 Å². The highest BCUT2D eigenvalue weighted by Gasteiger charge is 2.05. The van der Waals surface area contributed by atoms with Gasteiger partial charge >= 0.3 is 0 Å². The fraction of sp³-hybridized carbons (Fsp3) is 0.250. The van der Waals surface area contributed by atoms with Crippen molar-refractivity contribution in [2.75, 3.05) is 0 Å². The Kier molecular flexibility index (Phi) is 4.27. The van der Waals surface area contributed by atoms with Gasteiger partial charge in [-0.3, -0.25) is 4.98 Å². The van der Waals surface area contributed by atoms with Gasteiger partial charge in [-0.05, 0) is 54.8 Å². The minimum absolute atomic E-state index is 0.276. The van der Waals surface area contributed by atoms with E-state index in [-0.39, 0.29) is 6.04 Å². The maximum Gasteiger partial charge on any atom is 0.0991 e. The lowest BCUT2D eigenvalue weighted by molar-refractivity contribution is 0.573. The molecule has 0 spiro atoms. The van der Waals surface area contributed by atoms with Gasteiger partial charge in [-0.2, -0.15) is 5.26 Å². The number of nitrogens with zero attached hydrogens (tertiary/aromatic N) is 2. The molecule has 0 saturated carbocycles. The number of aromatic nitrogens is 1. The first-order valence-corrected chi connectivity index (χ1v) is 6.33. The van der Waals surface area contributed by atoms with Crippen molar-refractivity contribution in [3.63, 3.8) is 0 Å². The lowest BCUT2D eigenvalue weighted by Crippen LogP contribution is -2.18. The highest BCUT2D eigenvalue weighted by atomic mass is 14.9. The fourth-order valence-electron chi connectivity index (χ4n) is 2.00. The lowest BCUT2D eigenvalue weighted by atomic mass is 10.0. The number of nitrogens with one attached hydrogen (secondary N) is 1. The molecular formula is C16H17N3. The van der Waals surface area contributed by atoms with Gasteiger partial charge in [-0.25, -0.2) is 0 Å². The number of pyridine rings is 1. The Morgan fingerprint density at radius 2 is 2.00 bits per heavy atom. The molecule has 0 saturated heterocycles. The Labute approximate surface area is 113 Å². The van der Waals surface area contributed by atoms with Crippen LogP contribution in [0.5, 0.6) is 0 Å². The van der Waals surface area contributed by atoms with Crippen LogP contribution in [-0.4, -0.2) is 4.98 Å². The summed E-state index contributed by atoms with van der Waals surface area (Å²) in [5, 5.41) is 12.3. The number of hydrogen-bond acceptors (Lipinski definition) is 3. The zero-order valence-corrected chi connectivity index (χ0v) is 11.2. The molecule has 0 bridgehead atoms. The van der Waals surface area contributed by atoms with E-state index in [4.69, 9.17) is 5.26 Å². The van der Waals surface area contributed by atoms with Crippen molar-refractivity contribution in [3.8, 4) is 6.07 Å². The van der Waals surface area contributed by atoms with Crippen LogP contribution in [0.15, 0.2) is 42.7 Å². The standard InChI is InChI=1S/C16H17N3/c1-12-9-14(10-17)3-4-16(12)11-19-13(2)15-5-7-18-8-6-15/h3-9,13,19H,11H2,1-2H3. The molecule has 1 N–H and O–H groups in total. The summed E-state index contributed by atoms with van der Waals surface area (Å²) in [6.07, 6.45) is 3.61. The molecule has 1 atom stereocenters.